The summed E-state index contributed by atoms with van der Waals surface area (Å²) in [7, 11) is 1.31. The molecule has 2 heterocycles. The van der Waals surface area contributed by atoms with E-state index in [-0.39, 0.29) is 39.9 Å². The molecule has 3 aromatic rings. The lowest BCUT2D eigenvalue weighted by molar-refractivity contribution is 0.0525. The van der Waals surface area contributed by atoms with E-state index in [2.05, 4.69) is 14.7 Å². The summed E-state index contributed by atoms with van der Waals surface area (Å²) < 4.78 is 15.3. The van der Waals surface area contributed by atoms with Crippen molar-refractivity contribution >= 4 is 51.6 Å². The van der Waals surface area contributed by atoms with Crippen LogP contribution in [0.2, 0.25) is 0 Å². The van der Waals surface area contributed by atoms with E-state index in [1.165, 1.54) is 7.11 Å². The molecular formula is C20H18ClN3O5. The van der Waals surface area contributed by atoms with Crippen molar-refractivity contribution in [3.63, 3.8) is 0 Å². The molecule has 0 unspecified atom stereocenters. The lowest BCUT2D eigenvalue weighted by Gasteiger charge is -2.04. The maximum Gasteiger partial charge on any atom is 0.342 e. The molecule has 2 N–H and O–H groups in total. The second-order valence-corrected chi connectivity index (χ2v) is 6.38. The number of rotatable bonds is 5. The molecule has 2 aromatic heterocycles. The molecule has 150 valence electrons. The van der Waals surface area contributed by atoms with E-state index in [9.17, 15) is 9.59 Å². The second-order valence-electron chi connectivity index (χ2n) is 5.97. The molecule has 8 nitrogen and oxygen atoms in total. The number of carbonyl (C=O) groups is 2. The van der Waals surface area contributed by atoms with Crippen molar-refractivity contribution in [1.29, 1.82) is 0 Å². The Kier molecular flexibility index (Phi) is 5.84. The van der Waals surface area contributed by atoms with E-state index < -0.39 is 11.9 Å². The van der Waals surface area contributed by atoms with Crippen LogP contribution >= 0.6 is 11.6 Å². The van der Waals surface area contributed by atoms with Gasteiger partial charge in [-0.2, -0.15) is 4.98 Å². The third-order valence-electron chi connectivity index (χ3n) is 4.07. The smallest absolute Gasteiger partial charge is 0.342 e. The van der Waals surface area contributed by atoms with Crippen LogP contribution in [0, 0.1) is 6.92 Å². The molecule has 0 aliphatic carbocycles. The quantitative estimate of drug-likeness (QED) is 0.625. The second kappa shape index (κ2) is 8.32. The number of hydrogen-bond acceptors (Lipinski definition) is 8. The summed E-state index contributed by atoms with van der Waals surface area (Å²) in [6, 6.07) is 6.63. The first-order valence-electron chi connectivity index (χ1n) is 8.65. The highest BCUT2D eigenvalue weighted by atomic mass is 35.5. The predicted octanol–water partition coefficient (Wildman–Crippen LogP) is 3.81. The SMILES string of the molecule is CCOC(=O)c1c(C)oc2nc(/C(Cl)=C/c3ccc(C(=O)OC)cc3)nc(N)c12. The number of esters is 2. The number of methoxy groups -OCH3 is 1. The van der Waals surface area contributed by atoms with Crippen LogP contribution in [-0.2, 0) is 9.47 Å². The van der Waals surface area contributed by atoms with Gasteiger partial charge >= 0.3 is 11.9 Å². The largest absolute Gasteiger partial charge is 0.465 e. The topological polar surface area (TPSA) is 118 Å². The molecule has 0 saturated heterocycles. The molecule has 3 rings (SSSR count). The molecule has 0 aliphatic rings. The monoisotopic (exact) mass is 415 g/mol. The molecule has 0 bridgehead atoms. The first-order valence-corrected chi connectivity index (χ1v) is 9.03. The molecule has 9 heteroatoms. The lowest BCUT2D eigenvalue weighted by Crippen LogP contribution is -2.07. The van der Waals surface area contributed by atoms with Gasteiger partial charge in [-0.05, 0) is 37.6 Å². The van der Waals surface area contributed by atoms with Gasteiger partial charge in [0.15, 0.2) is 5.82 Å². The molecule has 1 aromatic carbocycles. The summed E-state index contributed by atoms with van der Waals surface area (Å²) in [5.74, 6) is -0.469. The van der Waals surface area contributed by atoms with Gasteiger partial charge in [0.05, 0.1) is 29.7 Å². The van der Waals surface area contributed by atoms with Crippen molar-refractivity contribution in [1.82, 2.24) is 9.97 Å². The van der Waals surface area contributed by atoms with Crippen molar-refractivity contribution < 1.29 is 23.5 Å². The number of aromatic nitrogens is 2. The van der Waals surface area contributed by atoms with Crippen LogP contribution in [0.25, 0.3) is 22.2 Å². The number of furan rings is 1. The van der Waals surface area contributed by atoms with Gasteiger partial charge in [0, 0.05) is 0 Å². The minimum Gasteiger partial charge on any atom is -0.465 e. The molecule has 0 spiro atoms. The maximum absolute atomic E-state index is 12.2. The molecule has 0 fully saturated rings. The summed E-state index contributed by atoms with van der Waals surface area (Å²) in [6.07, 6.45) is 1.62. The zero-order valence-corrected chi connectivity index (χ0v) is 16.7. The van der Waals surface area contributed by atoms with E-state index in [4.69, 9.17) is 26.5 Å². The van der Waals surface area contributed by atoms with Crippen molar-refractivity contribution in [3.05, 3.63) is 52.5 Å². The van der Waals surface area contributed by atoms with Gasteiger partial charge in [0.1, 0.15) is 17.1 Å². The molecule has 0 saturated carbocycles. The van der Waals surface area contributed by atoms with Crippen LogP contribution < -0.4 is 5.73 Å². The number of nitrogens with zero attached hydrogens (tertiary/aromatic N) is 2. The number of hydrogen-bond donors (Lipinski definition) is 1. The van der Waals surface area contributed by atoms with Crippen molar-refractivity contribution in [2.45, 2.75) is 13.8 Å². The fourth-order valence-corrected chi connectivity index (χ4v) is 2.95. The van der Waals surface area contributed by atoms with E-state index in [1.807, 2.05) is 0 Å². The Morgan fingerprint density at radius 2 is 1.90 bits per heavy atom. The molecule has 29 heavy (non-hydrogen) atoms. The van der Waals surface area contributed by atoms with Crippen LogP contribution in [-0.4, -0.2) is 35.6 Å². The molecule has 0 radical (unpaired) electrons. The fourth-order valence-electron chi connectivity index (χ4n) is 2.74. The Morgan fingerprint density at radius 3 is 2.52 bits per heavy atom. The summed E-state index contributed by atoms with van der Waals surface area (Å²) in [5.41, 5.74) is 7.52. The zero-order valence-electron chi connectivity index (χ0n) is 16.0. The molecule has 0 atom stereocenters. The van der Waals surface area contributed by atoms with Crippen LogP contribution in [0.4, 0.5) is 5.82 Å². The number of aryl methyl sites for hydroxylation is 1. The molecule has 0 amide bonds. The standard InChI is InChI=1S/C20H18ClN3O5/c1-4-28-20(26)14-10(2)29-18-15(14)16(22)23-17(24-18)13(21)9-11-5-7-12(8-6-11)19(25)27-3/h5-9H,4H2,1-3H3,(H2,22,23,24)/b13-9-. The first kappa shape index (κ1) is 20.3. The number of halogens is 1. The molecular weight excluding hydrogens is 398 g/mol. The Morgan fingerprint density at radius 1 is 1.21 bits per heavy atom. The maximum atomic E-state index is 12.2. The number of nitrogen functional groups attached to an aromatic ring is 1. The number of fused-ring (bicyclic) bond motifs is 1. The number of benzene rings is 1. The fraction of sp³-hybridized carbons (Fsp3) is 0.200. The average molecular weight is 416 g/mol. The van der Waals surface area contributed by atoms with Gasteiger partial charge in [-0.1, -0.05) is 23.7 Å². The van der Waals surface area contributed by atoms with E-state index in [1.54, 1.807) is 44.2 Å². The number of anilines is 1. The third-order valence-corrected chi connectivity index (χ3v) is 4.35. The average Bonchev–Trinajstić information content (AvgIpc) is 3.04. The van der Waals surface area contributed by atoms with Crippen molar-refractivity contribution in [3.8, 4) is 0 Å². The predicted molar refractivity (Wildman–Crippen MR) is 108 cm³/mol. The van der Waals surface area contributed by atoms with Crippen molar-refractivity contribution in [2.24, 2.45) is 0 Å². The zero-order chi connectivity index (χ0) is 21.1. The van der Waals surface area contributed by atoms with Crippen LogP contribution in [0.15, 0.2) is 28.7 Å². The van der Waals surface area contributed by atoms with Gasteiger partial charge in [-0.25, -0.2) is 14.6 Å². The van der Waals surface area contributed by atoms with E-state index in [0.29, 0.717) is 16.9 Å². The van der Waals surface area contributed by atoms with Crippen LogP contribution in [0.5, 0.6) is 0 Å². The van der Waals surface area contributed by atoms with Gasteiger partial charge in [-0.15, -0.1) is 0 Å². The molecule has 0 aliphatic heterocycles. The van der Waals surface area contributed by atoms with Crippen molar-refractivity contribution in [2.75, 3.05) is 19.5 Å². The number of carbonyl (C=O) groups excluding carboxylic acids is 2. The van der Waals surface area contributed by atoms with Crippen LogP contribution in [0.3, 0.4) is 0 Å². The van der Waals surface area contributed by atoms with E-state index in [0.717, 1.165) is 0 Å². The minimum atomic E-state index is -0.556. The number of ether oxygens (including phenoxy) is 2. The van der Waals surface area contributed by atoms with Gasteiger partial charge in [-0.3, -0.25) is 0 Å². The highest BCUT2D eigenvalue weighted by molar-refractivity contribution is 6.50. The Balaban J connectivity index is 1.98. The summed E-state index contributed by atoms with van der Waals surface area (Å²) in [4.78, 5) is 32.2. The minimum absolute atomic E-state index is 0.0532. The van der Waals surface area contributed by atoms with E-state index >= 15 is 0 Å². The third kappa shape index (κ3) is 4.07. The first-order chi connectivity index (χ1) is 13.8. The summed E-state index contributed by atoms with van der Waals surface area (Å²) >= 11 is 6.36. The van der Waals surface area contributed by atoms with Gasteiger partial charge in [0.25, 0.3) is 0 Å². The summed E-state index contributed by atoms with van der Waals surface area (Å²) in [6.45, 7) is 3.54. The van der Waals surface area contributed by atoms with Crippen LogP contribution in [0.1, 0.15) is 44.8 Å². The number of nitrogens with two attached hydrogens (primary N) is 1. The summed E-state index contributed by atoms with van der Waals surface area (Å²) in [5, 5.41) is 0.493. The Bertz CT molecular complexity index is 1120. The van der Waals surface area contributed by atoms with Gasteiger partial charge in [0.2, 0.25) is 5.71 Å². The highest BCUT2D eigenvalue weighted by Crippen LogP contribution is 2.31. The highest BCUT2D eigenvalue weighted by Gasteiger charge is 2.24. The van der Waals surface area contributed by atoms with Gasteiger partial charge < -0.3 is 19.6 Å². The lowest BCUT2D eigenvalue weighted by atomic mass is 10.1. The Labute approximate surface area is 171 Å². The Hall–Kier alpha value is -3.39. The normalized spacial score (nSPS) is 11.5.